The summed E-state index contributed by atoms with van der Waals surface area (Å²) < 4.78 is 0. The van der Waals surface area contributed by atoms with Crippen molar-refractivity contribution in [1.82, 2.24) is 5.32 Å². The summed E-state index contributed by atoms with van der Waals surface area (Å²) >= 11 is 0. The summed E-state index contributed by atoms with van der Waals surface area (Å²) in [5.74, 6) is -0.104. The second-order valence-electron chi connectivity index (χ2n) is 3.60. The van der Waals surface area contributed by atoms with Gasteiger partial charge in [0.2, 0.25) is 0 Å². The summed E-state index contributed by atoms with van der Waals surface area (Å²) in [6.07, 6.45) is 3.37. The third kappa shape index (κ3) is 1.71. The molecule has 1 radical (unpaired) electrons. The highest BCUT2D eigenvalue weighted by atomic mass is 16.1. The molecular weight excluding hydrogens is 176 g/mol. The van der Waals surface area contributed by atoms with Crippen molar-refractivity contribution in [2.75, 3.05) is 5.73 Å². The lowest BCUT2D eigenvalue weighted by Gasteiger charge is -2.26. The number of amides is 1. The number of nitrogens with one attached hydrogen (secondary N) is 1. The van der Waals surface area contributed by atoms with Crippen molar-refractivity contribution in [2.45, 2.75) is 25.3 Å². The van der Waals surface area contributed by atoms with Crippen LogP contribution in [0.1, 0.15) is 29.6 Å². The molecular formula is C11H13N2O. The van der Waals surface area contributed by atoms with Crippen LogP contribution in [0, 0.1) is 6.07 Å². The van der Waals surface area contributed by atoms with E-state index in [0.717, 1.165) is 12.8 Å². The average Bonchev–Trinajstić information content (AvgIpc) is 2.12. The zero-order valence-corrected chi connectivity index (χ0v) is 7.92. The second kappa shape index (κ2) is 3.70. The Morgan fingerprint density at radius 1 is 1.57 bits per heavy atom. The molecule has 0 saturated heterocycles. The van der Waals surface area contributed by atoms with E-state index in [1.165, 1.54) is 6.42 Å². The van der Waals surface area contributed by atoms with Crippen LogP contribution in [-0.4, -0.2) is 11.9 Å². The number of nitrogen functional groups attached to an aromatic ring is 1. The number of hydrogen-bond acceptors (Lipinski definition) is 2. The molecule has 3 heteroatoms. The molecule has 3 N–H and O–H groups in total. The summed E-state index contributed by atoms with van der Waals surface area (Å²) in [5.41, 5.74) is 6.61. The van der Waals surface area contributed by atoms with Gasteiger partial charge in [0.05, 0.1) is 5.56 Å². The van der Waals surface area contributed by atoms with Crippen molar-refractivity contribution < 1.29 is 4.79 Å². The van der Waals surface area contributed by atoms with Gasteiger partial charge in [-0.3, -0.25) is 4.79 Å². The van der Waals surface area contributed by atoms with Gasteiger partial charge in [-0.25, -0.2) is 0 Å². The Balaban J connectivity index is 2.06. The summed E-state index contributed by atoms with van der Waals surface area (Å²) in [4.78, 5) is 11.6. The minimum Gasteiger partial charge on any atom is -0.398 e. The zero-order valence-electron chi connectivity index (χ0n) is 7.92. The second-order valence-corrected chi connectivity index (χ2v) is 3.60. The van der Waals surface area contributed by atoms with Gasteiger partial charge in [0.1, 0.15) is 0 Å². The Bertz CT molecular complexity index is 345. The van der Waals surface area contributed by atoms with Gasteiger partial charge in [-0.2, -0.15) is 0 Å². The Morgan fingerprint density at radius 2 is 2.36 bits per heavy atom. The predicted molar refractivity (Wildman–Crippen MR) is 54.8 cm³/mol. The van der Waals surface area contributed by atoms with Crippen LogP contribution in [0.2, 0.25) is 0 Å². The van der Waals surface area contributed by atoms with Gasteiger partial charge in [0.25, 0.3) is 5.91 Å². The van der Waals surface area contributed by atoms with Crippen molar-refractivity contribution in [3.8, 4) is 0 Å². The van der Waals surface area contributed by atoms with Gasteiger partial charge in [-0.05, 0) is 31.4 Å². The maximum Gasteiger partial charge on any atom is 0.254 e. The number of benzene rings is 1. The number of carbonyl (C=O) groups is 1. The van der Waals surface area contributed by atoms with Crippen LogP contribution in [0.15, 0.2) is 18.2 Å². The lowest BCUT2D eigenvalue weighted by atomic mass is 9.93. The van der Waals surface area contributed by atoms with E-state index in [4.69, 9.17) is 5.73 Å². The number of rotatable bonds is 2. The monoisotopic (exact) mass is 189 g/mol. The van der Waals surface area contributed by atoms with Gasteiger partial charge >= 0.3 is 0 Å². The molecule has 14 heavy (non-hydrogen) atoms. The first-order chi connectivity index (χ1) is 6.77. The molecule has 2 rings (SSSR count). The SMILES string of the molecule is Nc1ccc[c]c1C(=O)NC1CCC1. The number of hydrogen-bond donors (Lipinski definition) is 2. The topological polar surface area (TPSA) is 55.1 Å². The normalized spacial score (nSPS) is 16.0. The maximum atomic E-state index is 11.6. The third-order valence-electron chi connectivity index (χ3n) is 2.56. The molecule has 1 aliphatic rings. The lowest BCUT2D eigenvalue weighted by Crippen LogP contribution is -2.39. The van der Waals surface area contributed by atoms with Crippen LogP contribution in [0.25, 0.3) is 0 Å². The summed E-state index contributed by atoms with van der Waals surface area (Å²) in [6, 6.07) is 8.38. The molecule has 0 atom stereocenters. The maximum absolute atomic E-state index is 11.6. The molecule has 1 aromatic carbocycles. The van der Waals surface area contributed by atoms with E-state index >= 15 is 0 Å². The van der Waals surface area contributed by atoms with E-state index in [-0.39, 0.29) is 5.91 Å². The first-order valence-electron chi connectivity index (χ1n) is 4.84. The molecule has 1 aliphatic carbocycles. The quantitative estimate of drug-likeness (QED) is 0.690. The first-order valence-corrected chi connectivity index (χ1v) is 4.84. The molecule has 0 spiro atoms. The lowest BCUT2D eigenvalue weighted by molar-refractivity contribution is 0.0917. The highest BCUT2D eigenvalue weighted by Crippen LogP contribution is 2.19. The molecule has 3 nitrogen and oxygen atoms in total. The minimum atomic E-state index is -0.104. The molecule has 73 valence electrons. The number of carbonyl (C=O) groups excluding carboxylic acids is 1. The molecule has 1 fully saturated rings. The van der Waals surface area contributed by atoms with Crippen molar-refractivity contribution in [3.05, 3.63) is 29.8 Å². The van der Waals surface area contributed by atoms with Gasteiger partial charge in [0, 0.05) is 11.7 Å². The highest BCUT2D eigenvalue weighted by molar-refractivity contribution is 5.98. The average molecular weight is 189 g/mol. The number of nitrogens with two attached hydrogens (primary N) is 1. The molecule has 0 aromatic heterocycles. The van der Waals surface area contributed by atoms with Crippen molar-refractivity contribution in [3.63, 3.8) is 0 Å². The smallest absolute Gasteiger partial charge is 0.254 e. The fourth-order valence-electron chi connectivity index (χ4n) is 1.46. The molecule has 1 aromatic rings. The van der Waals surface area contributed by atoms with Crippen LogP contribution < -0.4 is 11.1 Å². The molecule has 1 saturated carbocycles. The van der Waals surface area contributed by atoms with Gasteiger partial charge in [-0.1, -0.05) is 12.1 Å². The Hall–Kier alpha value is -1.51. The summed E-state index contributed by atoms with van der Waals surface area (Å²) in [7, 11) is 0. The standard InChI is InChI=1S/C11H13N2O/c12-10-7-2-1-6-9(10)11(14)13-8-4-3-5-8/h1-2,7-8H,3-5,12H2,(H,13,14). The van der Waals surface area contributed by atoms with E-state index in [1.807, 2.05) is 0 Å². The van der Waals surface area contributed by atoms with Gasteiger partial charge < -0.3 is 11.1 Å². The van der Waals surface area contributed by atoms with E-state index in [0.29, 0.717) is 17.3 Å². The van der Waals surface area contributed by atoms with E-state index in [9.17, 15) is 4.79 Å². The molecule has 0 bridgehead atoms. The van der Waals surface area contributed by atoms with E-state index in [2.05, 4.69) is 11.4 Å². The van der Waals surface area contributed by atoms with Crippen LogP contribution in [0.3, 0.4) is 0 Å². The van der Waals surface area contributed by atoms with Crippen LogP contribution in [0.5, 0.6) is 0 Å². The fraction of sp³-hybridized carbons (Fsp3) is 0.364. The molecule has 0 heterocycles. The fourth-order valence-corrected chi connectivity index (χ4v) is 1.46. The third-order valence-corrected chi connectivity index (χ3v) is 2.56. The summed E-state index contributed by atoms with van der Waals surface area (Å²) in [6.45, 7) is 0. The van der Waals surface area contributed by atoms with Gasteiger partial charge in [0.15, 0.2) is 0 Å². The highest BCUT2D eigenvalue weighted by Gasteiger charge is 2.20. The predicted octanol–water partition coefficient (Wildman–Crippen LogP) is 1.35. The van der Waals surface area contributed by atoms with Crippen LogP contribution >= 0.6 is 0 Å². The Labute approximate surface area is 83.3 Å². The van der Waals surface area contributed by atoms with Crippen LogP contribution in [-0.2, 0) is 0 Å². The van der Waals surface area contributed by atoms with Gasteiger partial charge in [-0.15, -0.1) is 0 Å². The Morgan fingerprint density at radius 3 is 2.93 bits per heavy atom. The zero-order chi connectivity index (χ0) is 9.97. The molecule has 0 unspecified atom stereocenters. The Kier molecular flexibility index (Phi) is 2.39. The summed E-state index contributed by atoms with van der Waals surface area (Å²) in [5, 5.41) is 2.92. The van der Waals surface area contributed by atoms with E-state index < -0.39 is 0 Å². The largest absolute Gasteiger partial charge is 0.398 e. The van der Waals surface area contributed by atoms with Crippen molar-refractivity contribution in [1.29, 1.82) is 0 Å². The van der Waals surface area contributed by atoms with Crippen molar-refractivity contribution >= 4 is 11.6 Å². The molecule has 0 aliphatic heterocycles. The van der Waals surface area contributed by atoms with Crippen LogP contribution in [0.4, 0.5) is 5.69 Å². The van der Waals surface area contributed by atoms with Crippen molar-refractivity contribution in [2.24, 2.45) is 0 Å². The van der Waals surface area contributed by atoms with E-state index in [1.54, 1.807) is 18.2 Å². The first kappa shape index (κ1) is 9.06. The number of anilines is 1. The minimum absolute atomic E-state index is 0.104. The molecule has 1 amide bonds.